The van der Waals surface area contributed by atoms with Gasteiger partial charge >= 0.3 is 0 Å². The summed E-state index contributed by atoms with van der Waals surface area (Å²) < 4.78 is 6.59. The third-order valence-corrected chi connectivity index (χ3v) is 3.35. The number of aromatic nitrogens is 1. The fourth-order valence-electron chi connectivity index (χ4n) is 1.52. The first-order valence-electron chi connectivity index (χ1n) is 5.10. The Morgan fingerprint density at radius 1 is 1.24 bits per heavy atom. The molecule has 1 heterocycles. The van der Waals surface area contributed by atoms with Crippen molar-refractivity contribution >= 4 is 56.7 Å². The molecule has 0 aliphatic heterocycles. The van der Waals surface area contributed by atoms with E-state index in [1.165, 1.54) is 0 Å². The van der Waals surface area contributed by atoms with Gasteiger partial charge in [-0.05, 0) is 54.6 Å². The summed E-state index contributed by atoms with van der Waals surface area (Å²) in [6.07, 6.45) is 0.0385. The van der Waals surface area contributed by atoms with E-state index in [0.717, 1.165) is 9.09 Å². The molecule has 0 spiro atoms. The second-order valence-corrected chi connectivity index (χ2v) is 5.79. The van der Waals surface area contributed by atoms with Gasteiger partial charge in [0.25, 0.3) is 0 Å². The number of rotatable bonds is 2. The summed E-state index contributed by atoms with van der Waals surface area (Å²) in [4.78, 5) is 4.44. The zero-order chi connectivity index (χ0) is 12.6. The predicted molar refractivity (Wildman–Crippen MR) is 80.2 cm³/mol. The summed E-state index contributed by atoms with van der Waals surface area (Å²) in [6.45, 7) is 3.90. The van der Waals surface area contributed by atoms with Gasteiger partial charge < -0.3 is 4.74 Å². The molecule has 0 saturated heterocycles. The Hall–Kier alpha value is -0.260. The molecule has 0 radical (unpaired) electrons. The summed E-state index contributed by atoms with van der Waals surface area (Å²) >= 11 is 14.4. The van der Waals surface area contributed by atoms with Crippen LogP contribution in [0.4, 0.5) is 0 Å². The smallest absolute Gasteiger partial charge is 0.164 e. The minimum absolute atomic E-state index is 0.0385. The van der Waals surface area contributed by atoms with E-state index in [1.807, 2.05) is 26.0 Å². The molecule has 17 heavy (non-hydrogen) atoms. The number of fused-ring (bicyclic) bond motifs is 1. The minimum atomic E-state index is 0.0385. The Morgan fingerprint density at radius 3 is 2.59 bits per heavy atom. The van der Waals surface area contributed by atoms with E-state index >= 15 is 0 Å². The topological polar surface area (TPSA) is 22.1 Å². The fraction of sp³-hybridized carbons (Fsp3) is 0.250. The molecule has 2 aromatic rings. The number of benzene rings is 1. The molecule has 0 aliphatic rings. The first kappa shape index (κ1) is 13.2. The highest BCUT2D eigenvalue weighted by Crippen LogP contribution is 2.37. The molecule has 0 atom stereocenters. The predicted octanol–water partition coefficient (Wildman–Crippen LogP) is 4.93. The van der Waals surface area contributed by atoms with Gasteiger partial charge in [0.1, 0.15) is 9.22 Å². The summed E-state index contributed by atoms with van der Waals surface area (Å²) in [5.74, 6) is 0.597. The minimum Gasteiger partial charge on any atom is -0.487 e. The van der Waals surface area contributed by atoms with Crippen LogP contribution in [-0.2, 0) is 0 Å². The zero-order valence-corrected chi connectivity index (χ0v) is 13.0. The van der Waals surface area contributed by atoms with Crippen LogP contribution in [0.15, 0.2) is 18.2 Å². The van der Waals surface area contributed by atoms with Crippen molar-refractivity contribution in [2.75, 3.05) is 0 Å². The lowest BCUT2D eigenvalue weighted by molar-refractivity contribution is 0.245. The summed E-state index contributed by atoms with van der Waals surface area (Å²) in [6, 6.07) is 5.52. The molecule has 0 bridgehead atoms. The number of halogens is 3. The van der Waals surface area contributed by atoms with Crippen molar-refractivity contribution in [2.24, 2.45) is 0 Å². The number of ether oxygens (including phenoxy) is 1. The van der Waals surface area contributed by atoms with Gasteiger partial charge in [0.05, 0.1) is 16.1 Å². The van der Waals surface area contributed by atoms with E-state index in [1.54, 1.807) is 6.07 Å². The molecule has 0 saturated carbocycles. The Morgan fingerprint density at radius 2 is 1.94 bits per heavy atom. The summed E-state index contributed by atoms with van der Waals surface area (Å²) in [7, 11) is 0. The third kappa shape index (κ3) is 2.77. The van der Waals surface area contributed by atoms with Gasteiger partial charge in [-0.15, -0.1) is 0 Å². The highest BCUT2D eigenvalue weighted by atomic mass is 127. The Balaban J connectivity index is 2.75. The molecule has 0 unspecified atom stereocenters. The molecule has 1 aromatic carbocycles. The van der Waals surface area contributed by atoms with Gasteiger partial charge in [0.2, 0.25) is 0 Å². The van der Waals surface area contributed by atoms with E-state index in [2.05, 4.69) is 27.6 Å². The number of nitrogens with zero attached hydrogens (tertiary/aromatic N) is 1. The molecule has 5 heteroatoms. The van der Waals surface area contributed by atoms with Crippen LogP contribution >= 0.6 is 45.8 Å². The summed E-state index contributed by atoms with van der Waals surface area (Å²) in [5, 5.41) is 1.93. The van der Waals surface area contributed by atoms with Crippen LogP contribution in [0.2, 0.25) is 10.0 Å². The van der Waals surface area contributed by atoms with Crippen molar-refractivity contribution in [2.45, 2.75) is 20.0 Å². The fourth-order valence-corrected chi connectivity index (χ4v) is 2.50. The van der Waals surface area contributed by atoms with Crippen LogP contribution in [0.5, 0.6) is 5.75 Å². The monoisotopic (exact) mass is 381 g/mol. The maximum Gasteiger partial charge on any atom is 0.164 e. The van der Waals surface area contributed by atoms with Gasteiger partial charge in [0, 0.05) is 5.39 Å². The van der Waals surface area contributed by atoms with E-state index in [4.69, 9.17) is 27.9 Å². The van der Waals surface area contributed by atoms with Crippen LogP contribution in [0.3, 0.4) is 0 Å². The molecule has 90 valence electrons. The molecular formula is C12H10Cl2INO. The van der Waals surface area contributed by atoms with Crippen LogP contribution in [0.25, 0.3) is 10.9 Å². The standard InChI is InChI=1S/C12H10Cl2INO/c1-6(2)17-12-9(14)5-8(13)7-3-4-10(15)16-11(7)12/h3-6H,1-2H3. The normalized spacial score (nSPS) is 11.2. The Labute approximate surface area is 123 Å². The zero-order valence-electron chi connectivity index (χ0n) is 9.30. The number of hydrogen-bond acceptors (Lipinski definition) is 2. The first-order chi connectivity index (χ1) is 7.99. The third-order valence-electron chi connectivity index (χ3n) is 2.16. The quantitative estimate of drug-likeness (QED) is 0.543. The molecule has 0 fully saturated rings. The van der Waals surface area contributed by atoms with Crippen LogP contribution in [0, 0.1) is 3.70 Å². The Bertz CT molecular complexity index is 572. The summed E-state index contributed by atoms with van der Waals surface area (Å²) in [5.41, 5.74) is 0.711. The van der Waals surface area contributed by atoms with Crippen LogP contribution < -0.4 is 4.74 Å². The maximum absolute atomic E-state index is 6.15. The molecule has 2 rings (SSSR count). The molecule has 0 aliphatic carbocycles. The molecule has 1 aromatic heterocycles. The molecule has 0 amide bonds. The van der Waals surface area contributed by atoms with Crippen LogP contribution in [-0.4, -0.2) is 11.1 Å². The lowest BCUT2D eigenvalue weighted by atomic mass is 10.2. The lowest BCUT2D eigenvalue weighted by Gasteiger charge is -2.14. The van der Waals surface area contributed by atoms with E-state index < -0.39 is 0 Å². The van der Waals surface area contributed by atoms with Crippen molar-refractivity contribution in [3.8, 4) is 5.75 Å². The lowest BCUT2D eigenvalue weighted by Crippen LogP contribution is -2.07. The Kier molecular flexibility index (Phi) is 4.00. The van der Waals surface area contributed by atoms with Crippen molar-refractivity contribution < 1.29 is 4.74 Å². The van der Waals surface area contributed by atoms with Gasteiger partial charge in [-0.1, -0.05) is 23.2 Å². The molecule has 2 nitrogen and oxygen atoms in total. The molecular weight excluding hydrogens is 372 g/mol. The second kappa shape index (κ2) is 5.16. The van der Waals surface area contributed by atoms with Crippen molar-refractivity contribution in [3.05, 3.63) is 31.9 Å². The first-order valence-corrected chi connectivity index (χ1v) is 6.93. The maximum atomic E-state index is 6.15. The van der Waals surface area contributed by atoms with Gasteiger partial charge in [0.15, 0.2) is 5.75 Å². The average Bonchev–Trinajstić information content (AvgIpc) is 2.23. The SMILES string of the molecule is CC(C)Oc1c(Cl)cc(Cl)c2ccc(I)nc12. The largest absolute Gasteiger partial charge is 0.487 e. The number of pyridine rings is 1. The van der Waals surface area contributed by atoms with Crippen molar-refractivity contribution in [1.82, 2.24) is 4.98 Å². The second-order valence-electron chi connectivity index (χ2n) is 3.87. The molecule has 0 N–H and O–H groups in total. The number of hydrogen-bond donors (Lipinski definition) is 0. The van der Waals surface area contributed by atoms with E-state index in [-0.39, 0.29) is 6.10 Å². The van der Waals surface area contributed by atoms with E-state index in [0.29, 0.717) is 21.3 Å². The van der Waals surface area contributed by atoms with Crippen molar-refractivity contribution in [1.29, 1.82) is 0 Å². The van der Waals surface area contributed by atoms with Crippen molar-refractivity contribution in [3.63, 3.8) is 0 Å². The van der Waals surface area contributed by atoms with Gasteiger partial charge in [-0.3, -0.25) is 0 Å². The highest BCUT2D eigenvalue weighted by Gasteiger charge is 2.14. The van der Waals surface area contributed by atoms with Crippen LogP contribution in [0.1, 0.15) is 13.8 Å². The average molecular weight is 382 g/mol. The van der Waals surface area contributed by atoms with Gasteiger partial charge in [-0.25, -0.2) is 4.98 Å². The highest BCUT2D eigenvalue weighted by molar-refractivity contribution is 14.1. The van der Waals surface area contributed by atoms with Gasteiger partial charge in [-0.2, -0.15) is 0 Å². The van der Waals surface area contributed by atoms with E-state index in [9.17, 15) is 0 Å².